The zero-order valence-corrected chi connectivity index (χ0v) is 19.3. The Bertz CT molecular complexity index is 1430. The SMILES string of the molecule is CS(=O)(=O)NC(=O)C1(n2nc(-c3ccccc3)c3cc(C4CC4)ccc32)C=C(Cl)C=CC1F. The first kappa shape index (κ1) is 21.9. The lowest BCUT2D eigenvalue weighted by molar-refractivity contribution is -0.128. The van der Waals surface area contributed by atoms with E-state index in [1.165, 1.54) is 16.8 Å². The molecule has 5 rings (SSSR count). The first-order valence-corrected chi connectivity index (χ1v) is 12.8. The highest BCUT2D eigenvalue weighted by Gasteiger charge is 2.50. The van der Waals surface area contributed by atoms with E-state index < -0.39 is 27.6 Å². The highest BCUT2D eigenvalue weighted by Crippen LogP contribution is 2.43. The van der Waals surface area contributed by atoms with E-state index in [0.29, 0.717) is 17.1 Å². The van der Waals surface area contributed by atoms with Gasteiger partial charge in [0.05, 0.1) is 11.8 Å². The van der Waals surface area contributed by atoms with Gasteiger partial charge in [-0.05, 0) is 54.7 Å². The number of nitrogens with zero attached hydrogens (tertiary/aromatic N) is 2. The third-order valence-corrected chi connectivity index (χ3v) is 6.79. The van der Waals surface area contributed by atoms with E-state index >= 15 is 4.39 Å². The predicted octanol–water partition coefficient (Wildman–Crippen LogP) is 4.38. The summed E-state index contributed by atoms with van der Waals surface area (Å²) in [6, 6.07) is 15.2. The predicted molar refractivity (Wildman–Crippen MR) is 126 cm³/mol. The van der Waals surface area contributed by atoms with E-state index in [9.17, 15) is 13.2 Å². The zero-order chi connectivity index (χ0) is 23.4. The number of allylic oxidation sites excluding steroid dienone is 3. The standard InChI is InChI=1S/C24H21ClFN3O3S/c1-33(31,32)28-23(30)24(14-18(25)10-12-21(24)26)29-20-11-9-17(15-7-8-15)13-19(20)22(27-29)16-5-3-2-4-6-16/h2-6,9-15,21H,7-8H2,1H3,(H,28,30). The van der Waals surface area contributed by atoms with E-state index in [4.69, 9.17) is 16.7 Å². The number of sulfonamides is 1. The number of carbonyl (C=O) groups is 1. The van der Waals surface area contributed by atoms with Crippen molar-refractivity contribution in [3.63, 3.8) is 0 Å². The van der Waals surface area contributed by atoms with Crippen LogP contribution in [0.15, 0.2) is 71.8 Å². The Balaban J connectivity index is 1.81. The Morgan fingerprint density at radius 1 is 1.21 bits per heavy atom. The van der Waals surface area contributed by atoms with Gasteiger partial charge in [0.15, 0.2) is 11.7 Å². The molecule has 1 fully saturated rings. The maximum Gasteiger partial charge on any atom is 0.268 e. The fraction of sp³-hybridized carbons (Fsp3) is 0.250. The molecule has 1 heterocycles. The number of hydrogen-bond acceptors (Lipinski definition) is 4. The van der Waals surface area contributed by atoms with Crippen LogP contribution in [0.2, 0.25) is 0 Å². The molecule has 0 aliphatic heterocycles. The van der Waals surface area contributed by atoms with Crippen LogP contribution < -0.4 is 4.72 Å². The fourth-order valence-corrected chi connectivity index (χ4v) is 5.01. The second kappa shape index (κ2) is 7.81. The van der Waals surface area contributed by atoms with Crippen LogP contribution in [0.1, 0.15) is 24.3 Å². The highest BCUT2D eigenvalue weighted by atomic mass is 35.5. The number of amides is 1. The van der Waals surface area contributed by atoms with Gasteiger partial charge in [0.25, 0.3) is 5.91 Å². The molecular weight excluding hydrogens is 465 g/mol. The van der Waals surface area contributed by atoms with Crippen molar-refractivity contribution in [1.29, 1.82) is 0 Å². The van der Waals surface area contributed by atoms with Gasteiger partial charge in [0.2, 0.25) is 10.0 Å². The monoisotopic (exact) mass is 485 g/mol. The Morgan fingerprint density at radius 3 is 2.61 bits per heavy atom. The van der Waals surface area contributed by atoms with E-state index in [1.54, 1.807) is 0 Å². The summed E-state index contributed by atoms with van der Waals surface area (Å²) >= 11 is 6.22. The second-order valence-electron chi connectivity index (χ2n) is 8.50. The Hall–Kier alpha value is -2.97. The number of fused-ring (bicyclic) bond motifs is 1. The second-order valence-corrected chi connectivity index (χ2v) is 10.7. The summed E-state index contributed by atoms with van der Waals surface area (Å²) in [7, 11) is -3.97. The lowest BCUT2D eigenvalue weighted by Crippen LogP contribution is -2.55. The third-order valence-electron chi connectivity index (χ3n) is 5.99. The molecule has 1 N–H and O–H groups in total. The molecule has 2 aromatic carbocycles. The average Bonchev–Trinajstić information content (AvgIpc) is 3.55. The van der Waals surface area contributed by atoms with Crippen molar-refractivity contribution < 1.29 is 17.6 Å². The molecule has 0 saturated heterocycles. The average molecular weight is 486 g/mol. The summed E-state index contributed by atoms with van der Waals surface area (Å²) in [5, 5.41) is 5.55. The summed E-state index contributed by atoms with van der Waals surface area (Å²) in [5.74, 6) is -0.597. The molecule has 1 saturated carbocycles. The summed E-state index contributed by atoms with van der Waals surface area (Å²) in [5.41, 5.74) is 0.903. The number of halogens is 2. The van der Waals surface area contributed by atoms with Gasteiger partial charge in [-0.2, -0.15) is 5.10 Å². The molecule has 2 atom stereocenters. The molecule has 1 aromatic heterocycles. The summed E-state index contributed by atoms with van der Waals surface area (Å²) in [6.45, 7) is 0. The highest BCUT2D eigenvalue weighted by molar-refractivity contribution is 7.89. The van der Waals surface area contributed by atoms with E-state index in [-0.39, 0.29) is 5.03 Å². The van der Waals surface area contributed by atoms with Gasteiger partial charge in [0.1, 0.15) is 5.69 Å². The Morgan fingerprint density at radius 2 is 1.94 bits per heavy atom. The van der Waals surface area contributed by atoms with Gasteiger partial charge in [-0.3, -0.25) is 9.52 Å². The fourth-order valence-electron chi connectivity index (χ4n) is 4.27. The molecule has 2 aliphatic carbocycles. The molecule has 2 unspecified atom stereocenters. The third kappa shape index (κ3) is 3.87. The van der Waals surface area contributed by atoms with Crippen molar-refractivity contribution in [2.75, 3.05) is 6.26 Å². The van der Waals surface area contributed by atoms with Gasteiger partial charge in [0, 0.05) is 16.0 Å². The number of alkyl halides is 1. The molecule has 170 valence electrons. The molecule has 3 aromatic rings. The Labute approximate surface area is 195 Å². The number of hydrogen-bond donors (Lipinski definition) is 1. The van der Waals surface area contributed by atoms with Gasteiger partial charge in [-0.1, -0.05) is 48.0 Å². The lowest BCUT2D eigenvalue weighted by atomic mass is 9.88. The zero-order valence-electron chi connectivity index (χ0n) is 17.7. The van der Waals surface area contributed by atoms with Crippen molar-refractivity contribution in [2.45, 2.75) is 30.5 Å². The van der Waals surface area contributed by atoms with Crippen molar-refractivity contribution in [1.82, 2.24) is 14.5 Å². The minimum atomic E-state index is -3.97. The minimum Gasteiger partial charge on any atom is -0.271 e. The maximum absolute atomic E-state index is 15.6. The smallest absolute Gasteiger partial charge is 0.268 e. The van der Waals surface area contributed by atoms with Crippen LogP contribution in [0.3, 0.4) is 0 Å². The van der Waals surface area contributed by atoms with Crippen LogP contribution in [0, 0.1) is 0 Å². The number of benzene rings is 2. The normalized spacial score (nSPS) is 22.9. The Kier molecular flexibility index (Phi) is 5.17. The largest absolute Gasteiger partial charge is 0.271 e. The number of rotatable bonds is 5. The van der Waals surface area contributed by atoms with Crippen LogP contribution >= 0.6 is 11.6 Å². The van der Waals surface area contributed by atoms with Crippen molar-refractivity contribution in [3.8, 4) is 11.3 Å². The van der Waals surface area contributed by atoms with Crippen LogP contribution in [0.25, 0.3) is 22.2 Å². The van der Waals surface area contributed by atoms with E-state index in [1.807, 2.05) is 53.3 Å². The maximum atomic E-state index is 15.6. The summed E-state index contributed by atoms with van der Waals surface area (Å²) in [4.78, 5) is 13.3. The molecule has 6 nitrogen and oxygen atoms in total. The van der Waals surface area contributed by atoms with Crippen LogP contribution in [0.5, 0.6) is 0 Å². The molecule has 9 heteroatoms. The van der Waals surface area contributed by atoms with Crippen molar-refractivity contribution >= 4 is 38.4 Å². The quantitative estimate of drug-likeness (QED) is 0.581. The van der Waals surface area contributed by atoms with E-state index in [0.717, 1.165) is 41.7 Å². The number of nitrogens with one attached hydrogen (secondary N) is 1. The van der Waals surface area contributed by atoms with Gasteiger partial charge in [-0.25, -0.2) is 17.5 Å². The van der Waals surface area contributed by atoms with E-state index in [2.05, 4.69) is 0 Å². The molecule has 0 bridgehead atoms. The van der Waals surface area contributed by atoms with Crippen LogP contribution in [-0.2, 0) is 20.4 Å². The van der Waals surface area contributed by atoms with Gasteiger partial charge in [-0.15, -0.1) is 0 Å². The molecular formula is C24H21ClFN3O3S. The molecule has 2 aliphatic rings. The summed E-state index contributed by atoms with van der Waals surface area (Å²) < 4.78 is 42.6. The first-order valence-electron chi connectivity index (χ1n) is 10.5. The molecule has 33 heavy (non-hydrogen) atoms. The molecule has 0 spiro atoms. The molecule has 1 amide bonds. The van der Waals surface area contributed by atoms with Gasteiger partial charge >= 0.3 is 0 Å². The first-order chi connectivity index (χ1) is 15.7. The van der Waals surface area contributed by atoms with Crippen LogP contribution in [0.4, 0.5) is 4.39 Å². The van der Waals surface area contributed by atoms with Crippen molar-refractivity contribution in [2.24, 2.45) is 0 Å². The minimum absolute atomic E-state index is 0.104. The van der Waals surface area contributed by atoms with Gasteiger partial charge < -0.3 is 0 Å². The number of aromatic nitrogens is 2. The lowest BCUT2D eigenvalue weighted by Gasteiger charge is -2.34. The van der Waals surface area contributed by atoms with Crippen LogP contribution in [-0.4, -0.2) is 36.5 Å². The molecule has 0 radical (unpaired) electrons. The topological polar surface area (TPSA) is 81.1 Å². The number of carbonyl (C=O) groups excluding carboxylic acids is 1. The summed E-state index contributed by atoms with van der Waals surface area (Å²) in [6.07, 6.45) is 4.85. The van der Waals surface area contributed by atoms with Crippen molar-refractivity contribution in [3.05, 3.63) is 77.4 Å².